The van der Waals surface area contributed by atoms with Crippen molar-refractivity contribution in [1.82, 2.24) is 4.90 Å². The Hall–Kier alpha value is -0.840. The standard InChI is InChI=1S/C12H22N2O2S/c1-12(2,3)16-11(15)14(8-10(13)17)9-6-4-5-7-9/h9H,4-8H2,1-3H3,(H2,13,17). The van der Waals surface area contributed by atoms with Crippen LogP contribution in [0.1, 0.15) is 46.5 Å². The highest BCUT2D eigenvalue weighted by atomic mass is 32.1. The molecular formula is C12H22N2O2S. The Morgan fingerprint density at radius 1 is 1.41 bits per heavy atom. The van der Waals surface area contributed by atoms with Crippen LogP contribution in [-0.2, 0) is 4.74 Å². The van der Waals surface area contributed by atoms with Gasteiger partial charge in [0, 0.05) is 6.04 Å². The Morgan fingerprint density at radius 3 is 2.35 bits per heavy atom. The van der Waals surface area contributed by atoms with E-state index < -0.39 is 5.60 Å². The zero-order valence-electron chi connectivity index (χ0n) is 10.9. The highest BCUT2D eigenvalue weighted by Gasteiger charge is 2.30. The van der Waals surface area contributed by atoms with Crippen molar-refractivity contribution in [2.24, 2.45) is 5.73 Å². The molecule has 0 atom stereocenters. The number of ether oxygens (including phenoxy) is 1. The average Bonchev–Trinajstić information content (AvgIpc) is 2.63. The van der Waals surface area contributed by atoms with Crippen molar-refractivity contribution in [3.63, 3.8) is 0 Å². The lowest BCUT2D eigenvalue weighted by Crippen LogP contribution is -2.46. The topological polar surface area (TPSA) is 55.6 Å². The predicted molar refractivity (Wildman–Crippen MR) is 72.0 cm³/mol. The van der Waals surface area contributed by atoms with Gasteiger partial charge in [-0.05, 0) is 33.6 Å². The molecule has 98 valence electrons. The Balaban J connectivity index is 2.67. The molecule has 1 aliphatic carbocycles. The lowest BCUT2D eigenvalue weighted by atomic mass is 10.2. The van der Waals surface area contributed by atoms with E-state index in [9.17, 15) is 4.79 Å². The minimum atomic E-state index is -0.482. The molecule has 1 saturated carbocycles. The summed E-state index contributed by atoms with van der Waals surface area (Å²) in [6.45, 7) is 5.89. The predicted octanol–water partition coefficient (Wildman–Crippen LogP) is 2.45. The summed E-state index contributed by atoms with van der Waals surface area (Å²) in [6, 6.07) is 0.228. The first-order chi connectivity index (χ1) is 7.79. The van der Waals surface area contributed by atoms with Gasteiger partial charge in [-0.1, -0.05) is 25.1 Å². The summed E-state index contributed by atoms with van der Waals surface area (Å²) < 4.78 is 5.38. The maximum absolute atomic E-state index is 12.1. The third-order valence-corrected chi connectivity index (χ3v) is 2.85. The molecule has 17 heavy (non-hydrogen) atoms. The van der Waals surface area contributed by atoms with Gasteiger partial charge in [0.05, 0.1) is 11.5 Å². The number of rotatable bonds is 3. The van der Waals surface area contributed by atoms with Crippen molar-refractivity contribution in [1.29, 1.82) is 0 Å². The fourth-order valence-electron chi connectivity index (χ4n) is 2.05. The van der Waals surface area contributed by atoms with E-state index in [0.29, 0.717) is 11.5 Å². The number of thiocarbonyl (C=S) groups is 1. The van der Waals surface area contributed by atoms with E-state index in [4.69, 9.17) is 22.7 Å². The summed E-state index contributed by atoms with van der Waals surface area (Å²) in [5.41, 5.74) is 5.06. The lowest BCUT2D eigenvalue weighted by molar-refractivity contribution is 0.0202. The molecule has 1 aliphatic rings. The molecule has 1 amide bonds. The van der Waals surface area contributed by atoms with Crippen LogP contribution in [0.15, 0.2) is 0 Å². The van der Waals surface area contributed by atoms with Gasteiger partial charge in [0.1, 0.15) is 5.60 Å². The van der Waals surface area contributed by atoms with Gasteiger partial charge in [0.15, 0.2) is 0 Å². The fourth-order valence-corrected chi connectivity index (χ4v) is 2.19. The van der Waals surface area contributed by atoms with Gasteiger partial charge in [-0.15, -0.1) is 0 Å². The van der Waals surface area contributed by atoms with E-state index >= 15 is 0 Å². The van der Waals surface area contributed by atoms with Gasteiger partial charge in [0.2, 0.25) is 0 Å². The minimum absolute atomic E-state index is 0.228. The van der Waals surface area contributed by atoms with E-state index in [-0.39, 0.29) is 12.1 Å². The molecule has 0 bridgehead atoms. The average molecular weight is 258 g/mol. The Kier molecular flexibility index (Phi) is 4.74. The van der Waals surface area contributed by atoms with Crippen molar-refractivity contribution < 1.29 is 9.53 Å². The monoisotopic (exact) mass is 258 g/mol. The maximum atomic E-state index is 12.1. The molecule has 1 fully saturated rings. The van der Waals surface area contributed by atoms with E-state index in [2.05, 4.69) is 0 Å². The Morgan fingerprint density at radius 2 is 1.94 bits per heavy atom. The molecule has 0 heterocycles. The number of amides is 1. The third kappa shape index (κ3) is 4.89. The molecule has 5 heteroatoms. The number of nitrogens with two attached hydrogens (primary N) is 1. The van der Waals surface area contributed by atoms with Crippen molar-refractivity contribution in [3.05, 3.63) is 0 Å². The zero-order chi connectivity index (χ0) is 13.1. The molecule has 0 radical (unpaired) electrons. The summed E-state index contributed by atoms with van der Waals surface area (Å²) in [5, 5.41) is 0. The van der Waals surface area contributed by atoms with Gasteiger partial charge in [-0.25, -0.2) is 4.79 Å². The van der Waals surface area contributed by atoms with Crippen molar-refractivity contribution >= 4 is 23.3 Å². The smallest absolute Gasteiger partial charge is 0.410 e. The number of carbonyl (C=O) groups is 1. The summed E-state index contributed by atoms with van der Waals surface area (Å²) in [5.74, 6) is 0. The number of nitrogens with zero attached hydrogens (tertiary/aromatic N) is 1. The zero-order valence-corrected chi connectivity index (χ0v) is 11.7. The van der Waals surface area contributed by atoms with Crippen LogP contribution in [-0.4, -0.2) is 34.2 Å². The SMILES string of the molecule is CC(C)(C)OC(=O)N(CC(N)=S)C1CCCC1. The summed E-state index contributed by atoms with van der Waals surface area (Å²) in [4.78, 5) is 14.1. The van der Waals surface area contributed by atoms with Crippen LogP contribution >= 0.6 is 12.2 Å². The van der Waals surface area contributed by atoms with Crippen LogP contribution in [0.25, 0.3) is 0 Å². The Bertz CT molecular complexity index is 293. The largest absolute Gasteiger partial charge is 0.444 e. The molecule has 4 nitrogen and oxygen atoms in total. The number of carbonyl (C=O) groups excluding carboxylic acids is 1. The van der Waals surface area contributed by atoms with E-state index in [1.807, 2.05) is 20.8 Å². The maximum Gasteiger partial charge on any atom is 0.410 e. The lowest BCUT2D eigenvalue weighted by Gasteiger charge is -2.31. The van der Waals surface area contributed by atoms with Gasteiger partial charge in [-0.2, -0.15) is 0 Å². The van der Waals surface area contributed by atoms with Gasteiger partial charge in [-0.3, -0.25) is 4.90 Å². The van der Waals surface area contributed by atoms with Crippen molar-refractivity contribution in [3.8, 4) is 0 Å². The number of hydrogen-bond acceptors (Lipinski definition) is 3. The first kappa shape index (κ1) is 14.2. The second-order valence-corrected chi connectivity index (χ2v) is 6.04. The quantitative estimate of drug-likeness (QED) is 0.790. The molecule has 0 aromatic carbocycles. The van der Waals surface area contributed by atoms with Crippen LogP contribution in [0.5, 0.6) is 0 Å². The number of hydrogen-bond donors (Lipinski definition) is 1. The van der Waals surface area contributed by atoms with Crippen LogP contribution < -0.4 is 5.73 Å². The van der Waals surface area contributed by atoms with Crippen molar-refractivity contribution in [2.75, 3.05) is 6.54 Å². The molecular weight excluding hydrogens is 236 g/mol. The highest BCUT2D eigenvalue weighted by Crippen LogP contribution is 2.24. The van der Waals surface area contributed by atoms with Crippen molar-refractivity contribution in [2.45, 2.75) is 58.1 Å². The van der Waals surface area contributed by atoms with E-state index in [1.165, 1.54) is 0 Å². The molecule has 1 rings (SSSR count). The van der Waals surface area contributed by atoms with Crippen LogP contribution in [0.4, 0.5) is 4.79 Å². The minimum Gasteiger partial charge on any atom is -0.444 e. The molecule has 2 N–H and O–H groups in total. The first-order valence-electron chi connectivity index (χ1n) is 6.07. The van der Waals surface area contributed by atoms with Gasteiger partial charge in [0.25, 0.3) is 0 Å². The summed E-state index contributed by atoms with van der Waals surface area (Å²) in [7, 11) is 0. The molecule has 0 aliphatic heterocycles. The molecule has 0 aromatic heterocycles. The molecule has 0 unspecified atom stereocenters. The van der Waals surface area contributed by atoms with E-state index in [1.54, 1.807) is 4.90 Å². The fraction of sp³-hybridized carbons (Fsp3) is 0.833. The highest BCUT2D eigenvalue weighted by molar-refractivity contribution is 7.80. The summed E-state index contributed by atoms with van der Waals surface area (Å²) in [6.07, 6.45) is 4.03. The van der Waals surface area contributed by atoms with Crippen LogP contribution in [0, 0.1) is 0 Å². The Labute approximate surface area is 108 Å². The molecule has 0 aromatic rings. The molecule has 0 saturated heterocycles. The third-order valence-electron chi connectivity index (χ3n) is 2.72. The van der Waals surface area contributed by atoms with Crippen LogP contribution in [0.2, 0.25) is 0 Å². The second-order valence-electron chi connectivity index (χ2n) is 5.51. The summed E-state index contributed by atoms with van der Waals surface area (Å²) >= 11 is 4.90. The van der Waals surface area contributed by atoms with E-state index in [0.717, 1.165) is 25.7 Å². The second kappa shape index (κ2) is 5.67. The molecule has 0 spiro atoms. The van der Waals surface area contributed by atoms with Crippen LogP contribution in [0.3, 0.4) is 0 Å². The normalized spacial score (nSPS) is 16.9. The van der Waals surface area contributed by atoms with Gasteiger partial charge >= 0.3 is 6.09 Å². The first-order valence-corrected chi connectivity index (χ1v) is 6.48. The van der Waals surface area contributed by atoms with Gasteiger partial charge < -0.3 is 10.5 Å².